The molecule has 1 aromatic rings. The monoisotopic (exact) mass is 238 g/mol. The molecule has 0 spiro atoms. The van der Waals surface area contributed by atoms with E-state index in [-0.39, 0.29) is 0 Å². The molecule has 94 valence electrons. The van der Waals surface area contributed by atoms with E-state index in [1.807, 2.05) is 6.92 Å². The van der Waals surface area contributed by atoms with E-state index in [4.69, 9.17) is 0 Å². The average molecular weight is 238 g/mol. The first-order valence-corrected chi connectivity index (χ1v) is 6.09. The molecule has 0 amide bonds. The summed E-state index contributed by atoms with van der Waals surface area (Å²) in [6.07, 6.45) is 4.91. The minimum absolute atomic E-state index is 0.463. The van der Waals surface area contributed by atoms with E-state index < -0.39 is 11.5 Å². The van der Waals surface area contributed by atoms with Crippen molar-refractivity contribution in [2.24, 2.45) is 5.92 Å². The number of aliphatic carboxylic acids is 1. The highest BCUT2D eigenvalue weighted by Gasteiger charge is 2.37. The van der Waals surface area contributed by atoms with E-state index in [1.165, 1.54) is 23.9 Å². The van der Waals surface area contributed by atoms with Gasteiger partial charge in [0.2, 0.25) is 0 Å². The van der Waals surface area contributed by atoms with Crippen LogP contribution in [0.2, 0.25) is 0 Å². The standard InChI is InChI=1S/C11H18N4O2/c1-3-11(2,10(16)17)15-9(12-13-14-15)7-8-5-4-6-8/h8H,3-7H2,1-2H3,(H,16,17). The Kier molecular flexibility index (Phi) is 3.13. The first kappa shape index (κ1) is 12.0. The fourth-order valence-corrected chi connectivity index (χ4v) is 2.06. The van der Waals surface area contributed by atoms with Gasteiger partial charge in [-0.05, 0) is 29.7 Å². The molecule has 6 nitrogen and oxygen atoms in total. The maximum absolute atomic E-state index is 11.4. The third-order valence-electron chi connectivity index (χ3n) is 3.85. The number of hydrogen-bond donors (Lipinski definition) is 1. The summed E-state index contributed by atoms with van der Waals surface area (Å²) in [5.74, 6) is 0.429. The molecule has 0 radical (unpaired) electrons. The van der Waals surface area contributed by atoms with Crippen molar-refractivity contribution in [2.75, 3.05) is 0 Å². The third kappa shape index (κ3) is 2.03. The van der Waals surface area contributed by atoms with Crippen molar-refractivity contribution in [2.45, 2.75) is 51.5 Å². The summed E-state index contributed by atoms with van der Waals surface area (Å²) in [5.41, 5.74) is -1.04. The van der Waals surface area contributed by atoms with Gasteiger partial charge in [-0.25, -0.2) is 9.48 Å². The number of carboxylic acid groups (broad SMARTS) is 1. The number of aromatic nitrogens is 4. The second-order valence-electron chi connectivity index (χ2n) is 4.94. The molecular weight excluding hydrogens is 220 g/mol. The van der Waals surface area contributed by atoms with E-state index >= 15 is 0 Å². The number of hydrogen-bond acceptors (Lipinski definition) is 4. The Hall–Kier alpha value is -1.46. The van der Waals surface area contributed by atoms with Gasteiger partial charge in [0.25, 0.3) is 0 Å². The first-order valence-electron chi connectivity index (χ1n) is 6.09. The molecule has 6 heteroatoms. The van der Waals surface area contributed by atoms with Crippen molar-refractivity contribution in [3.05, 3.63) is 5.82 Å². The van der Waals surface area contributed by atoms with E-state index in [0.29, 0.717) is 18.2 Å². The molecular formula is C11H18N4O2. The maximum Gasteiger partial charge on any atom is 0.331 e. The number of carbonyl (C=O) groups is 1. The number of rotatable bonds is 5. The van der Waals surface area contributed by atoms with Crippen LogP contribution in [0.15, 0.2) is 0 Å². The van der Waals surface area contributed by atoms with Crippen LogP contribution in [0.3, 0.4) is 0 Å². The van der Waals surface area contributed by atoms with Crippen molar-refractivity contribution < 1.29 is 9.90 Å². The van der Waals surface area contributed by atoms with E-state index in [9.17, 15) is 9.90 Å². The van der Waals surface area contributed by atoms with Crippen molar-refractivity contribution in [1.82, 2.24) is 20.2 Å². The molecule has 1 unspecified atom stereocenters. The highest BCUT2D eigenvalue weighted by atomic mass is 16.4. The molecule has 1 aromatic heterocycles. The molecule has 2 rings (SSSR count). The van der Waals surface area contributed by atoms with Gasteiger partial charge in [0.05, 0.1) is 0 Å². The summed E-state index contributed by atoms with van der Waals surface area (Å²) < 4.78 is 1.48. The highest BCUT2D eigenvalue weighted by molar-refractivity contribution is 5.76. The van der Waals surface area contributed by atoms with Crippen molar-refractivity contribution >= 4 is 5.97 Å². The van der Waals surface area contributed by atoms with Crippen LogP contribution < -0.4 is 0 Å². The molecule has 1 aliphatic carbocycles. The average Bonchev–Trinajstić information content (AvgIpc) is 2.70. The van der Waals surface area contributed by atoms with Crippen LogP contribution in [-0.2, 0) is 16.8 Å². The molecule has 1 aliphatic rings. The molecule has 0 saturated heterocycles. The zero-order chi connectivity index (χ0) is 12.5. The Morgan fingerprint density at radius 3 is 2.76 bits per heavy atom. The largest absolute Gasteiger partial charge is 0.479 e. The molecule has 1 atom stereocenters. The fraction of sp³-hybridized carbons (Fsp3) is 0.818. The van der Waals surface area contributed by atoms with Gasteiger partial charge in [-0.1, -0.05) is 26.2 Å². The third-order valence-corrected chi connectivity index (χ3v) is 3.85. The van der Waals surface area contributed by atoms with E-state index in [2.05, 4.69) is 15.5 Å². The normalized spacial score (nSPS) is 19.6. The van der Waals surface area contributed by atoms with E-state index in [1.54, 1.807) is 6.92 Å². The number of nitrogens with zero attached hydrogens (tertiary/aromatic N) is 4. The lowest BCUT2D eigenvalue weighted by Crippen LogP contribution is -2.40. The minimum atomic E-state index is -1.04. The van der Waals surface area contributed by atoms with Gasteiger partial charge in [0.1, 0.15) is 0 Å². The molecule has 17 heavy (non-hydrogen) atoms. The lowest BCUT2D eigenvalue weighted by atomic mass is 9.82. The molecule has 0 aliphatic heterocycles. The maximum atomic E-state index is 11.4. The Balaban J connectivity index is 2.24. The van der Waals surface area contributed by atoms with Crippen LogP contribution in [0.1, 0.15) is 45.4 Å². The SMILES string of the molecule is CCC(C)(C(=O)O)n1nnnc1CC1CCC1. The van der Waals surface area contributed by atoms with E-state index in [0.717, 1.165) is 6.42 Å². The molecule has 1 saturated carbocycles. The van der Waals surface area contributed by atoms with Crippen LogP contribution >= 0.6 is 0 Å². The van der Waals surface area contributed by atoms with Gasteiger partial charge >= 0.3 is 5.97 Å². The Labute approximate surface area is 100 Å². The zero-order valence-electron chi connectivity index (χ0n) is 10.3. The highest BCUT2D eigenvalue weighted by Crippen LogP contribution is 2.30. The Bertz CT molecular complexity index is 413. The summed E-state index contributed by atoms with van der Waals surface area (Å²) in [5, 5.41) is 20.8. The second kappa shape index (κ2) is 4.43. The molecule has 1 fully saturated rings. The summed E-state index contributed by atoms with van der Waals surface area (Å²) >= 11 is 0. The quantitative estimate of drug-likeness (QED) is 0.834. The summed E-state index contributed by atoms with van der Waals surface area (Å²) in [6.45, 7) is 3.50. The molecule has 0 bridgehead atoms. The lowest BCUT2D eigenvalue weighted by molar-refractivity contribution is -0.147. The van der Waals surface area contributed by atoms with Gasteiger partial charge in [0, 0.05) is 6.42 Å². The van der Waals surface area contributed by atoms with Gasteiger partial charge in [-0.15, -0.1) is 5.10 Å². The lowest BCUT2D eigenvalue weighted by Gasteiger charge is -2.28. The second-order valence-corrected chi connectivity index (χ2v) is 4.94. The van der Waals surface area contributed by atoms with Gasteiger partial charge in [-0.2, -0.15) is 0 Å². The molecule has 1 N–H and O–H groups in total. The molecule has 1 heterocycles. The number of tetrazole rings is 1. The van der Waals surface area contributed by atoms with Crippen LogP contribution in [0.5, 0.6) is 0 Å². The zero-order valence-corrected chi connectivity index (χ0v) is 10.3. The van der Waals surface area contributed by atoms with Crippen LogP contribution in [0.25, 0.3) is 0 Å². The van der Waals surface area contributed by atoms with Gasteiger partial charge in [-0.3, -0.25) is 0 Å². The molecule has 0 aromatic carbocycles. The van der Waals surface area contributed by atoms with Gasteiger partial charge in [0.15, 0.2) is 11.4 Å². The van der Waals surface area contributed by atoms with Crippen LogP contribution in [0.4, 0.5) is 0 Å². The number of carboxylic acids is 1. The van der Waals surface area contributed by atoms with Crippen molar-refractivity contribution in [3.8, 4) is 0 Å². The predicted octanol–water partition coefficient (Wildman–Crippen LogP) is 1.23. The van der Waals surface area contributed by atoms with Crippen molar-refractivity contribution in [3.63, 3.8) is 0 Å². The summed E-state index contributed by atoms with van der Waals surface area (Å²) in [7, 11) is 0. The summed E-state index contributed by atoms with van der Waals surface area (Å²) in [6, 6.07) is 0. The minimum Gasteiger partial charge on any atom is -0.479 e. The predicted molar refractivity (Wildman–Crippen MR) is 60.4 cm³/mol. The van der Waals surface area contributed by atoms with Crippen LogP contribution in [0, 0.1) is 5.92 Å². The smallest absolute Gasteiger partial charge is 0.331 e. The summed E-state index contributed by atoms with van der Waals surface area (Å²) in [4.78, 5) is 11.4. The van der Waals surface area contributed by atoms with Gasteiger partial charge < -0.3 is 5.11 Å². The first-order chi connectivity index (χ1) is 8.08. The van der Waals surface area contributed by atoms with Crippen LogP contribution in [-0.4, -0.2) is 31.3 Å². The Morgan fingerprint density at radius 2 is 2.29 bits per heavy atom. The topological polar surface area (TPSA) is 80.9 Å². The Morgan fingerprint density at radius 1 is 1.59 bits per heavy atom. The van der Waals surface area contributed by atoms with Crippen molar-refractivity contribution in [1.29, 1.82) is 0 Å². The fourth-order valence-electron chi connectivity index (χ4n) is 2.06.